The number of hydrogen-bond acceptors (Lipinski definition) is 6. The van der Waals surface area contributed by atoms with Crippen LogP contribution in [0, 0.1) is 0 Å². The van der Waals surface area contributed by atoms with Gasteiger partial charge in [-0.3, -0.25) is 0 Å². The molecule has 3 aromatic rings. The van der Waals surface area contributed by atoms with Gasteiger partial charge in [-0.05, 0) is 24.6 Å². The highest BCUT2D eigenvalue weighted by molar-refractivity contribution is 5.77. The molecule has 3 aromatic heterocycles. The predicted octanol–water partition coefficient (Wildman–Crippen LogP) is 0.981. The van der Waals surface area contributed by atoms with Gasteiger partial charge < -0.3 is 10.4 Å². The van der Waals surface area contributed by atoms with Crippen LogP contribution in [0.4, 0.5) is 5.95 Å². The van der Waals surface area contributed by atoms with Gasteiger partial charge in [0.2, 0.25) is 5.95 Å². The van der Waals surface area contributed by atoms with Crippen molar-refractivity contribution in [3.05, 3.63) is 36.8 Å². The highest BCUT2D eigenvalue weighted by Crippen LogP contribution is 2.22. The molecule has 0 radical (unpaired) electrons. The molecule has 2 N–H and O–H groups in total. The van der Waals surface area contributed by atoms with E-state index < -0.39 is 0 Å². The summed E-state index contributed by atoms with van der Waals surface area (Å²) >= 11 is 0. The van der Waals surface area contributed by atoms with E-state index in [1.54, 1.807) is 23.2 Å². The molecular formula is C13H14N6O. The Morgan fingerprint density at radius 3 is 3.05 bits per heavy atom. The fraction of sp³-hybridized carbons (Fsp3) is 0.231. The van der Waals surface area contributed by atoms with Gasteiger partial charge >= 0.3 is 0 Å². The van der Waals surface area contributed by atoms with Crippen molar-refractivity contribution in [2.45, 2.75) is 6.42 Å². The number of aliphatic hydroxyl groups is 1. The van der Waals surface area contributed by atoms with Gasteiger partial charge in [0.15, 0.2) is 0 Å². The number of aromatic nitrogens is 5. The van der Waals surface area contributed by atoms with Crippen LogP contribution in [0.15, 0.2) is 36.8 Å². The molecule has 0 aromatic carbocycles. The number of rotatable bonds is 5. The minimum absolute atomic E-state index is 0.145. The lowest BCUT2D eigenvalue weighted by Gasteiger charge is -2.04. The van der Waals surface area contributed by atoms with Crippen LogP contribution in [-0.2, 0) is 0 Å². The molecule has 0 aliphatic carbocycles. The molecule has 7 nitrogen and oxygen atoms in total. The molecule has 0 saturated carbocycles. The number of anilines is 1. The smallest absolute Gasteiger partial charge is 0.223 e. The Kier molecular flexibility index (Phi) is 3.51. The Bertz CT molecular complexity index is 711. The summed E-state index contributed by atoms with van der Waals surface area (Å²) < 4.78 is 1.57. The van der Waals surface area contributed by atoms with E-state index in [2.05, 4.69) is 25.5 Å². The molecule has 102 valence electrons. The zero-order valence-electron chi connectivity index (χ0n) is 10.8. The zero-order valence-corrected chi connectivity index (χ0v) is 10.8. The van der Waals surface area contributed by atoms with Crippen molar-refractivity contribution in [3.63, 3.8) is 0 Å². The van der Waals surface area contributed by atoms with E-state index in [0.717, 1.165) is 16.8 Å². The van der Waals surface area contributed by atoms with Crippen LogP contribution in [0.3, 0.4) is 0 Å². The maximum absolute atomic E-state index is 8.77. The molecular weight excluding hydrogens is 256 g/mol. The van der Waals surface area contributed by atoms with Gasteiger partial charge in [0.1, 0.15) is 0 Å². The van der Waals surface area contributed by atoms with Crippen molar-refractivity contribution < 1.29 is 5.11 Å². The maximum Gasteiger partial charge on any atom is 0.223 e. The van der Waals surface area contributed by atoms with Crippen LogP contribution < -0.4 is 5.32 Å². The molecule has 0 fully saturated rings. The summed E-state index contributed by atoms with van der Waals surface area (Å²) in [6.45, 7) is 0.780. The van der Waals surface area contributed by atoms with Crippen LogP contribution in [0.2, 0.25) is 0 Å². The van der Waals surface area contributed by atoms with E-state index in [1.165, 1.54) is 0 Å². The number of aliphatic hydroxyl groups excluding tert-OH is 1. The molecule has 3 rings (SSSR count). The second-order valence-electron chi connectivity index (χ2n) is 4.23. The molecule has 0 spiro atoms. The molecule has 0 atom stereocenters. The standard InChI is InChI=1S/C13H14N6O/c20-8-2-5-14-13-15-7-4-11(18-13)10-9-17-19-12(10)3-1-6-16-19/h1,3-4,6-7,9,20H,2,5,8H2,(H,14,15,18). The van der Waals surface area contributed by atoms with Crippen LogP contribution in [-0.4, -0.2) is 43.1 Å². The first-order valence-electron chi connectivity index (χ1n) is 6.35. The molecule has 0 unspecified atom stereocenters. The summed E-state index contributed by atoms with van der Waals surface area (Å²) in [5.74, 6) is 0.541. The second kappa shape index (κ2) is 5.62. The van der Waals surface area contributed by atoms with E-state index in [9.17, 15) is 0 Å². The second-order valence-corrected chi connectivity index (χ2v) is 4.23. The summed E-state index contributed by atoms with van der Waals surface area (Å²) in [6.07, 6.45) is 5.78. The highest BCUT2D eigenvalue weighted by Gasteiger charge is 2.09. The molecule has 7 heteroatoms. The molecule has 0 saturated heterocycles. The average molecular weight is 270 g/mol. The Balaban J connectivity index is 1.92. The van der Waals surface area contributed by atoms with Crippen molar-refractivity contribution in [2.75, 3.05) is 18.5 Å². The van der Waals surface area contributed by atoms with Gasteiger partial charge in [0.25, 0.3) is 0 Å². The maximum atomic E-state index is 8.77. The third kappa shape index (κ3) is 2.43. The van der Waals surface area contributed by atoms with E-state index in [-0.39, 0.29) is 6.61 Å². The number of fused-ring (bicyclic) bond motifs is 1. The summed E-state index contributed by atoms with van der Waals surface area (Å²) in [5.41, 5.74) is 2.59. The van der Waals surface area contributed by atoms with Crippen molar-refractivity contribution >= 4 is 11.5 Å². The summed E-state index contributed by atoms with van der Waals surface area (Å²) in [4.78, 5) is 8.61. The van der Waals surface area contributed by atoms with Crippen LogP contribution in [0.1, 0.15) is 6.42 Å². The van der Waals surface area contributed by atoms with Gasteiger partial charge in [-0.15, -0.1) is 0 Å². The SMILES string of the molecule is OCCCNc1nccc(-c2cnn3ncccc23)n1. The van der Waals surface area contributed by atoms with Crippen molar-refractivity contribution in [3.8, 4) is 11.3 Å². The summed E-state index contributed by atoms with van der Waals surface area (Å²) in [6, 6.07) is 5.64. The average Bonchev–Trinajstić information content (AvgIpc) is 2.92. The molecule has 0 aliphatic rings. The lowest BCUT2D eigenvalue weighted by molar-refractivity contribution is 0.292. The third-order valence-corrected chi connectivity index (χ3v) is 2.85. The largest absolute Gasteiger partial charge is 0.396 e. The Labute approximate surface area is 115 Å². The summed E-state index contributed by atoms with van der Waals surface area (Å²) in [5, 5.41) is 20.2. The van der Waals surface area contributed by atoms with Gasteiger partial charge in [-0.25, -0.2) is 9.97 Å². The lowest BCUT2D eigenvalue weighted by atomic mass is 10.2. The van der Waals surface area contributed by atoms with Gasteiger partial charge in [0.05, 0.1) is 17.4 Å². The minimum Gasteiger partial charge on any atom is -0.396 e. The summed E-state index contributed by atoms with van der Waals surface area (Å²) in [7, 11) is 0. The Morgan fingerprint density at radius 1 is 1.20 bits per heavy atom. The molecule has 20 heavy (non-hydrogen) atoms. The predicted molar refractivity (Wildman–Crippen MR) is 74.2 cm³/mol. The molecule has 0 bridgehead atoms. The van der Waals surface area contributed by atoms with Crippen molar-refractivity contribution in [1.29, 1.82) is 0 Å². The van der Waals surface area contributed by atoms with Gasteiger partial charge in [-0.2, -0.15) is 14.8 Å². The first-order valence-corrected chi connectivity index (χ1v) is 6.35. The topological polar surface area (TPSA) is 88.2 Å². The van der Waals surface area contributed by atoms with E-state index >= 15 is 0 Å². The molecule has 0 amide bonds. The fourth-order valence-electron chi connectivity index (χ4n) is 1.90. The first-order chi connectivity index (χ1) is 9.88. The number of nitrogens with zero attached hydrogens (tertiary/aromatic N) is 5. The lowest BCUT2D eigenvalue weighted by Crippen LogP contribution is -2.06. The van der Waals surface area contributed by atoms with Crippen LogP contribution in [0.5, 0.6) is 0 Å². The Hall–Kier alpha value is -2.54. The van der Waals surface area contributed by atoms with E-state index in [0.29, 0.717) is 18.9 Å². The quantitative estimate of drug-likeness (QED) is 0.672. The number of hydrogen-bond donors (Lipinski definition) is 2. The third-order valence-electron chi connectivity index (χ3n) is 2.85. The first kappa shape index (κ1) is 12.5. The monoisotopic (exact) mass is 270 g/mol. The van der Waals surface area contributed by atoms with Crippen LogP contribution >= 0.6 is 0 Å². The molecule has 0 aliphatic heterocycles. The van der Waals surface area contributed by atoms with Gasteiger partial charge in [0, 0.05) is 31.1 Å². The Morgan fingerprint density at radius 2 is 2.15 bits per heavy atom. The van der Waals surface area contributed by atoms with E-state index in [1.807, 2.05) is 18.2 Å². The van der Waals surface area contributed by atoms with Crippen molar-refractivity contribution in [1.82, 2.24) is 24.8 Å². The molecule has 3 heterocycles. The van der Waals surface area contributed by atoms with E-state index in [4.69, 9.17) is 5.11 Å². The zero-order chi connectivity index (χ0) is 13.8. The number of nitrogens with one attached hydrogen (secondary N) is 1. The van der Waals surface area contributed by atoms with Gasteiger partial charge in [-0.1, -0.05) is 0 Å². The minimum atomic E-state index is 0.145. The van der Waals surface area contributed by atoms with Crippen LogP contribution in [0.25, 0.3) is 16.8 Å². The highest BCUT2D eigenvalue weighted by atomic mass is 16.3. The normalized spacial score (nSPS) is 10.8. The van der Waals surface area contributed by atoms with Crippen molar-refractivity contribution in [2.24, 2.45) is 0 Å². The fourth-order valence-corrected chi connectivity index (χ4v) is 1.90.